The van der Waals surface area contributed by atoms with E-state index in [0.717, 1.165) is 28.7 Å². The standard InChI is InChI=1S/C9H6BrClN2O/c10-5-3-14-7-6(5)12-9(4-1-2-4)13-8(7)11/h3-4H,1-2H2. The summed E-state index contributed by atoms with van der Waals surface area (Å²) in [7, 11) is 0. The number of nitrogens with zero attached hydrogens (tertiary/aromatic N) is 2. The summed E-state index contributed by atoms with van der Waals surface area (Å²) in [6, 6.07) is 0. The molecule has 14 heavy (non-hydrogen) atoms. The molecule has 1 fully saturated rings. The van der Waals surface area contributed by atoms with Gasteiger partial charge in [0.05, 0.1) is 4.47 Å². The van der Waals surface area contributed by atoms with Crippen molar-refractivity contribution >= 4 is 38.6 Å². The van der Waals surface area contributed by atoms with Crippen molar-refractivity contribution in [1.29, 1.82) is 0 Å². The number of halogens is 2. The number of fused-ring (bicyclic) bond motifs is 1. The summed E-state index contributed by atoms with van der Waals surface area (Å²) in [4.78, 5) is 8.64. The predicted octanol–water partition coefficient (Wildman–Crippen LogP) is 3.52. The maximum Gasteiger partial charge on any atom is 0.190 e. The Morgan fingerprint density at radius 2 is 2.21 bits per heavy atom. The Labute approximate surface area is 93.6 Å². The minimum atomic E-state index is 0.405. The fraction of sp³-hybridized carbons (Fsp3) is 0.333. The fourth-order valence-electron chi connectivity index (χ4n) is 1.40. The van der Waals surface area contributed by atoms with E-state index in [1.54, 1.807) is 6.26 Å². The molecule has 1 saturated carbocycles. The van der Waals surface area contributed by atoms with Gasteiger partial charge >= 0.3 is 0 Å². The first-order valence-electron chi connectivity index (χ1n) is 4.36. The van der Waals surface area contributed by atoms with Gasteiger partial charge in [-0.2, -0.15) is 0 Å². The molecule has 0 aliphatic heterocycles. The third-order valence-electron chi connectivity index (χ3n) is 2.29. The Balaban J connectivity index is 2.30. The molecule has 3 rings (SSSR count). The van der Waals surface area contributed by atoms with Gasteiger partial charge in [0, 0.05) is 5.92 Å². The molecule has 0 amide bonds. The van der Waals surface area contributed by atoms with Gasteiger partial charge in [0.1, 0.15) is 17.6 Å². The van der Waals surface area contributed by atoms with Gasteiger partial charge in [0.25, 0.3) is 0 Å². The lowest BCUT2D eigenvalue weighted by atomic mass is 10.3. The lowest BCUT2D eigenvalue weighted by molar-refractivity contribution is 0.611. The molecule has 1 aliphatic carbocycles. The van der Waals surface area contributed by atoms with Gasteiger partial charge in [0.2, 0.25) is 0 Å². The van der Waals surface area contributed by atoms with Gasteiger partial charge in [-0.15, -0.1) is 0 Å². The Morgan fingerprint density at radius 1 is 1.43 bits per heavy atom. The highest BCUT2D eigenvalue weighted by Crippen LogP contribution is 2.40. The van der Waals surface area contributed by atoms with Crippen molar-refractivity contribution in [1.82, 2.24) is 9.97 Å². The molecule has 0 radical (unpaired) electrons. The van der Waals surface area contributed by atoms with Crippen LogP contribution in [0.25, 0.3) is 11.1 Å². The van der Waals surface area contributed by atoms with Crippen molar-refractivity contribution in [3.63, 3.8) is 0 Å². The molecule has 2 heterocycles. The van der Waals surface area contributed by atoms with Crippen LogP contribution in [-0.4, -0.2) is 9.97 Å². The summed E-state index contributed by atoms with van der Waals surface area (Å²) >= 11 is 9.34. The zero-order valence-corrected chi connectivity index (χ0v) is 9.47. The molecule has 72 valence electrons. The number of hydrogen-bond acceptors (Lipinski definition) is 3. The van der Waals surface area contributed by atoms with E-state index in [1.165, 1.54) is 0 Å². The molecule has 0 spiro atoms. The first kappa shape index (κ1) is 8.68. The van der Waals surface area contributed by atoms with Crippen LogP contribution in [0.15, 0.2) is 15.2 Å². The van der Waals surface area contributed by atoms with Crippen LogP contribution in [0.2, 0.25) is 5.15 Å². The number of rotatable bonds is 1. The highest BCUT2D eigenvalue weighted by molar-refractivity contribution is 9.10. The van der Waals surface area contributed by atoms with Crippen LogP contribution in [0.3, 0.4) is 0 Å². The third kappa shape index (κ3) is 1.25. The number of hydrogen-bond donors (Lipinski definition) is 0. The summed E-state index contributed by atoms with van der Waals surface area (Å²) in [5, 5.41) is 0.405. The van der Waals surface area contributed by atoms with E-state index < -0.39 is 0 Å². The second-order valence-corrected chi connectivity index (χ2v) is 4.62. The van der Waals surface area contributed by atoms with Crippen molar-refractivity contribution in [2.45, 2.75) is 18.8 Å². The van der Waals surface area contributed by atoms with Crippen LogP contribution < -0.4 is 0 Å². The van der Waals surface area contributed by atoms with E-state index in [-0.39, 0.29) is 0 Å². The Morgan fingerprint density at radius 3 is 2.93 bits per heavy atom. The predicted molar refractivity (Wildman–Crippen MR) is 56.5 cm³/mol. The molecule has 0 saturated heterocycles. The zero-order valence-electron chi connectivity index (χ0n) is 7.13. The van der Waals surface area contributed by atoms with Gasteiger partial charge in [-0.1, -0.05) is 11.6 Å². The van der Waals surface area contributed by atoms with E-state index in [4.69, 9.17) is 16.0 Å². The molecular formula is C9H6BrClN2O. The molecule has 0 aromatic carbocycles. The van der Waals surface area contributed by atoms with E-state index >= 15 is 0 Å². The summed E-state index contributed by atoms with van der Waals surface area (Å²) in [5.41, 5.74) is 1.33. The van der Waals surface area contributed by atoms with Crippen molar-refractivity contribution < 1.29 is 4.42 Å². The van der Waals surface area contributed by atoms with Crippen LogP contribution in [-0.2, 0) is 0 Å². The molecule has 3 nitrogen and oxygen atoms in total. The second-order valence-electron chi connectivity index (χ2n) is 3.41. The molecule has 1 aliphatic rings. The average molecular weight is 274 g/mol. The lowest BCUT2D eigenvalue weighted by Crippen LogP contribution is -1.92. The highest BCUT2D eigenvalue weighted by Gasteiger charge is 2.28. The smallest absolute Gasteiger partial charge is 0.190 e. The van der Waals surface area contributed by atoms with Crippen molar-refractivity contribution in [3.05, 3.63) is 21.7 Å². The van der Waals surface area contributed by atoms with Gasteiger partial charge in [-0.05, 0) is 28.8 Å². The Kier molecular flexibility index (Phi) is 1.82. The van der Waals surface area contributed by atoms with Gasteiger partial charge < -0.3 is 4.42 Å². The monoisotopic (exact) mass is 272 g/mol. The normalized spacial score (nSPS) is 16.4. The number of aromatic nitrogens is 2. The maximum atomic E-state index is 5.98. The molecule has 5 heteroatoms. The van der Waals surface area contributed by atoms with E-state index in [2.05, 4.69) is 25.9 Å². The van der Waals surface area contributed by atoms with E-state index in [0.29, 0.717) is 16.7 Å². The lowest BCUT2D eigenvalue weighted by Gasteiger charge is -1.97. The summed E-state index contributed by atoms with van der Waals surface area (Å²) in [6.07, 6.45) is 3.91. The molecular weight excluding hydrogens is 267 g/mol. The largest absolute Gasteiger partial charge is 0.458 e. The molecule has 0 bridgehead atoms. The summed E-state index contributed by atoms with van der Waals surface area (Å²) < 4.78 is 6.06. The van der Waals surface area contributed by atoms with Crippen molar-refractivity contribution in [3.8, 4) is 0 Å². The second kappa shape index (κ2) is 2.94. The third-order valence-corrected chi connectivity index (χ3v) is 3.11. The minimum absolute atomic E-state index is 0.405. The minimum Gasteiger partial charge on any atom is -0.458 e. The van der Waals surface area contributed by atoms with Crippen LogP contribution in [0.1, 0.15) is 24.6 Å². The SMILES string of the molecule is Clc1nc(C2CC2)nc2c(Br)coc12. The average Bonchev–Trinajstić information content (AvgIpc) is 2.93. The van der Waals surface area contributed by atoms with E-state index in [1.807, 2.05) is 0 Å². The number of furan rings is 1. The molecule has 2 aromatic heterocycles. The van der Waals surface area contributed by atoms with Crippen LogP contribution >= 0.6 is 27.5 Å². The first-order valence-corrected chi connectivity index (χ1v) is 5.53. The topological polar surface area (TPSA) is 38.9 Å². The van der Waals surface area contributed by atoms with Gasteiger partial charge in [0.15, 0.2) is 10.7 Å². The van der Waals surface area contributed by atoms with E-state index in [9.17, 15) is 0 Å². The molecule has 2 aromatic rings. The Bertz CT molecular complexity index is 507. The van der Waals surface area contributed by atoms with Crippen molar-refractivity contribution in [2.75, 3.05) is 0 Å². The van der Waals surface area contributed by atoms with Crippen LogP contribution in [0.4, 0.5) is 0 Å². The first-order chi connectivity index (χ1) is 6.75. The zero-order chi connectivity index (χ0) is 9.71. The summed E-state index contributed by atoms with van der Waals surface area (Å²) in [6.45, 7) is 0. The fourth-order valence-corrected chi connectivity index (χ4v) is 1.98. The van der Waals surface area contributed by atoms with Gasteiger partial charge in [-0.3, -0.25) is 0 Å². The molecule has 0 atom stereocenters. The van der Waals surface area contributed by atoms with Crippen molar-refractivity contribution in [2.24, 2.45) is 0 Å². The van der Waals surface area contributed by atoms with Gasteiger partial charge in [-0.25, -0.2) is 9.97 Å². The maximum absolute atomic E-state index is 5.98. The van der Waals surface area contributed by atoms with Crippen LogP contribution in [0.5, 0.6) is 0 Å². The molecule has 0 unspecified atom stereocenters. The highest BCUT2D eigenvalue weighted by atomic mass is 79.9. The quantitative estimate of drug-likeness (QED) is 0.746. The summed E-state index contributed by atoms with van der Waals surface area (Å²) in [5.74, 6) is 1.34. The Hall–Kier alpha value is -0.610. The van der Waals surface area contributed by atoms with Crippen LogP contribution in [0, 0.1) is 0 Å². The molecule has 0 N–H and O–H groups in total.